The lowest BCUT2D eigenvalue weighted by Gasteiger charge is -2.21. The molecule has 0 aliphatic rings. The Labute approximate surface area is 137 Å². The molecule has 124 valence electrons. The lowest BCUT2D eigenvalue weighted by atomic mass is 10.2. The van der Waals surface area contributed by atoms with Gasteiger partial charge in [-0.3, -0.25) is 19.0 Å². The molecule has 2 rings (SSSR count). The van der Waals surface area contributed by atoms with Gasteiger partial charge in [0.25, 0.3) is 5.56 Å². The summed E-state index contributed by atoms with van der Waals surface area (Å²) in [6.07, 6.45) is 2.08. The number of carboxylic acids is 1. The van der Waals surface area contributed by atoms with Crippen molar-refractivity contribution in [1.29, 1.82) is 0 Å². The summed E-state index contributed by atoms with van der Waals surface area (Å²) in [4.78, 5) is 42.8. The fourth-order valence-electron chi connectivity index (χ4n) is 2.25. The lowest BCUT2D eigenvalue weighted by Crippen LogP contribution is -2.38. The van der Waals surface area contributed by atoms with E-state index in [4.69, 9.17) is 5.11 Å². The number of likely N-dealkylation sites (N-methyl/N-ethyl adjacent to an activating group) is 1. The van der Waals surface area contributed by atoms with Crippen molar-refractivity contribution in [2.75, 3.05) is 13.6 Å². The van der Waals surface area contributed by atoms with Crippen LogP contribution in [0.1, 0.15) is 31.2 Å². The van der Waals surface area contributed by atoms with Gasteiger partial charge in [-0.25, -0.2) is 4.98 Å². The average Bonchev–Trinajstić information content (AvgIpc) is 2.95. The molecule has 1 unspecified atom stereocenters. The van der Waals surface area contributed by atoms with E-state index in [9.17, 15) is 14.4 Å². The molecule has 7 nitrogen and oxygen atoms in total. The topological polar surface area (TPSA) is 92.5 Å². The highest BCUT2D eigenvalue weighted by Gasteiger charge is 2.22. The molecular formula is C15H19N3O4S. The van der Waals surface area contributed by atoms with Crippen molar-refractivity contribution >= 4 is 33.4 Å². The first-order valence-electron chi connectivity index (χ1n) is 7.31. The molecule has 1 amide bonds. The number of rotatable bonds is 6. The summed E-state index contributed by atoms with van der Waals surface area (Å²) in [6.45, 7) is 3.72. The van der Waals surface area contributed by atoms with Crippen molar-refractivity contribution < 1.29 is 14.7 Å². The summed E-state index contributed by atoms with van der Waals surface area (Å²) in [6, 6.07) is 1.08. The van der Waals surface area contributed by atoms with E-state index in [1.165, 1.54) is 34.2 Å². The third kappa shape index (κ3) is 3.58. The lowest BCUT2D eigenvalue weighted by molar-refractivity contribution is -0.138. The molecule has 0 saturated heterocycles. The Morgan fingerprint density at radius 1 is 1.48 bits per heavy atom. The van der Waals surface area contributed by atoms with Gasteiger partial charge in [0.2, 0.25) is 5.91 Å². The predicted molar refractivity (Wildman–Crippen MR) is 87.9 cm³/mol. The number of aromatic nitrogens is 2. The van der Waals surface area contributed by atoms with E-state index in [1.807, 2.05) is 13.0 Å². The van der Waals surface area contributed by atoms with Crippen LogP contribution in [0.2, 0.25) is 0 Å². The first kappa shape index (κ1) is 17.1. The van der Waals surface area contributed by atoms with Gasteiger partial charge in [0.1, 0.15) is 10.9 Å². The molecule has 0 spiro atoms. The van der Waals surface area contributed by atoms with Gasteiger partial charge in [-0.1, -0.05) is 6.92 Å². The average molecular weight is 337 g/mol. The molecule has 1 atom stereocenters. The number of fused-ring (bicyclic) bond motifs is 1. The second-order valence-electron chi connectivity index (χ2n) is 5.32. The molecule has 0 saturated carbocycles. The maximum atomic E-state index is 12.6. The molecule has 0 bridgehead atoms. The monoisotopic (exact) mass is 337 g/mol. The maximum absolute atomic E-state index is 12.6. The minimum Gasteiger partial charge on any atom is -0.481 e. The molecule has 0 fully saturated rings. The number of hydrogen-bond donors (Lipinski definition) is 1. The molecule has 23 heavy (non-hydrogen) atoms. The molecule has 0 radical (unpaired) electrons. The molecule has 2 aromatic heterocycles. The van der Waals surface area contributed by atoms with Crippen LogP contribution in [0.15, 0.2) is 17.2 Å². The van der Waals surface area contributed by atoms with Crippen molar-refractivity contribution in [2.24, 2.45) is 0 Å². The van der Waals surface area contributed by atoms with E-state index in [-0.39, 0.29) is 24.4 Å². The van der Waals surface area contributed by atoms with Crippen molar-refractivity contribution in [3.63, 3.8) is 0 Å². The van der Waals surface area contributed by atoms with Gasteiger partial charge < -0.3 is 10.0 Å². The van der Waals surface area contributed by atoms with E-state index < -0.39 is 12.0 Å². The van der Waals surface area contributed by atoms with Gasteiger partial charge in [-0.15, -0.1) is 11.3 Å². The molecule has 2 aromatic rings. The van der Waals surface area contributed by atoms with Gasteiger partial charge in [0.05, 0.1) is 18.1 Å². The number of hydrogen-bond acceptors (Lipinski definition) is 5. The summed E-state index contributed by atoms with van der Waals surface area (Å²) < 4.78 is 1.30. The SMILES string of the molecule is CCc1cc2c(=O)n(C(C)C(=O)N(C)CCC(=O)O)cnc2s1. The highest BCUT2D eigenvalue weighted by molar-refractivity contribution is 7.18. The van der Waals surface area contributed by atoms with Crippen molar-refractivity contribution in [3.05, 3.63) is 27.6 Å². The third-order valence-electron chi connectivity index (χ3n) is 3.69. The quantitative estimate of drug-likeness (QED) is 0.862. The van der Waals surface area contributed by atoms with Gasteiger partial charge in [-0.05, 0) is 19.4 Å². The molecule has 0 aliphatic carbocycles. The fraction of sp³-hybridized carbons (Fsp3) is 0.467. The smallest absolute Gasteiger partial charge is 0.305 e. The van der Waals surface area contributed by atoms with Crippen molar-refractivity contribution in [1.82, 2.24) is 14.5 Å². The van der Waals surface area contributed by atoms with E-state index in [2.05, 4.69) is 4.98 Å². The number of aryl methyl sites for hydroxylation is 1. The molecular weight excluding hydrogens is 318 g/mol. The van der Waals surface area contributed by atoms with E-state index in [0.29, 0.717) is 10.2 Å². The Bertz CT molecular complexity index is 796. The van der Waals surface area contributed by atoms with E-state index in [0.717, 1.165) is 11.3 Å². The fourth-order valence-corrected chi connectivity index (χ4v) is 3.17. The number of thiophene rings is 1. The molecule has 8 heteroatoms. The number of amides is 1. The van der Waals surface area contributed by atoms with Crippen LogP contribution >= 0.6 is 11.3 Å². The molecule has 1 N–H and O–H groups in total. The van der Waals surface area contributed by atoms with Gasteiger partial charge in [-0.2, -0.15) is 0 Å². The summed E-state index contributed by atoms with van der Waals surface area (Å²) in [7, 11) is 1.53. The normalized spacial score (nSPS) is 12.3. The second kappa shape index (κ2) is 6.91. The minimum atomic E-state index is -0.970. The van der Waals surface area contributed by atoms with Crippen LogP contribution in [0.5, 0.6) is 0 Å². The number of carbonyl (C=O) groups excluding carboxylic acids is 1. The number of carboxylic acid groups (broad SMARTS) is 1. The highest BCUT2D eigenvalue weighted by Crippen LogP contribution is 2.21. The number of nitrogens with zero attached hydrogens (tertiary/aromatic N) is 3. The molecule has 0 aromatic carbocycles. The minimum absolute atomic E-state index is 0.0986. The van der Waals surface area contributed by atoms with Crippen LogP contribution in [0.4, 0.5) is 0 Å². The second-order valence-corrected chi connectivity index (χ2v) is 6.44. The van der Waals surface area contributed by atoms with Gasteiger partial charge >= 0.3 is 5.97 Å². The van der Waals surface area contributed by atoms with Crippen LogP contribution in [-0.4, -0.2) is 45.0 Å². The zero-order chi connectivity index (χ0) is 17.1. The third-order valence-corrected chi connectivity index (χ3v) is 4.88. The summed E-state index contributed by atoms with van der Waals surface area (Å²) >= 11 is 1.47. The largest absolute Gasteiger partial charge is 0.481 e. The zero-order valence-electron chi connectivity index (χ0n) is 13.3. The Morgan fingerprint density at radius 3 is 2.78 bits per heavy atom. The first-order valence-corrected chi connectivity index (χ1v) is 8.13. The van der Waals surface area contributed by atoms with Crippen LogP contribution < -0.4 is 5.56 Å². The molecule has 2 heterocycles. The van der Waals surface area contributed by atoms with Crippen LogP contribution in [0.3, 0.4) is 0 Å². The summed E-state index contributed by atoms with van der Waals surface area (Å²) in [5.74, 6) is -1.29. The molecule has 0 aliphatic heterocycles. The Morgan fingerprint density at radius 2 is 2.17 bits per heavy atom. The maximum Gasteiger partial charge on any atom is 0.305 e. The Balaban J connectivity index is 2.28. The summed E-state index contributed by atoms with van der Waals surface area (Å²) in [5, 5.41) is 9.20. The Hall–Kier alpha value is -2.22. The first-order chi connectivity index (χ1) is 10.8. The highest BCUT2D eigenvalue weighted by atomic mass is 32.1. The van der Waals surface area contributed by atoms with Crippen LogP contribution in [-0.2, 0) is 16.0 Å². The number of aliphatic carboxylic acids is 1. The van der Waals surface area contributed by atoms with Crippen LogP contribution in [0, 0.1) is 0 Å². The standard InChI is InChI=1S/C15H19N3O4S/c1-4-10-7-11-13(23-10)16-8-18(15(11)22)9(2)14(21)17(3)6-5-12(19)20/h7-9H,4-6H2,1-3H3,(H,19,20). The van der Waals surface area contributed by atoms with Crippen molar-refractivity contribution in [3.8, 4) is 0 Å². The number of carbonyl (C=O) groups is 2. The van der Waals surface area contributed by atoms with Crippen LogP contribution in [0.25, 0.3) is 10.2 Å². The predicted octanol–water partition coefficient (Wildman–Crippen LogP) is 1.51. The Kier molecular flexibility index (Phi) is 5.15. The zero-order valence-corrected chi connectivity index (χ0v) is 14.1. The van der Waals surface area contributed by atoms with E-state index >= 15 is 0 Å². The van der Waals surface area contributed by atoms with Crippen molar-refractivity contribution in [2.45, 2.75) is 32.7 Å². The summed E-state index contributed by atoms with van der Waals surface area (Å²) in [5.41, 5.74) is -0.251. The van der Waals surface area contributed by atoms with E-state index in [1.54, 1.807) is 6.92 Å². The van der Waals surface area contributed by atoms with Gasteiger partial charge in [0, 0.05) is 18.5 Å². The van der Waals surface area contributed by atoms with Gasteiger partial charge in [0.15, 0.2) is 0 Å².